The molecule has 0 radical (unpaired) electrons. The number of allylic oxidation sites excluding steroid dienone is 5. The zero-order valence-electron chi connectivity index (χ0n) is 33.6. The molecule has 0 saturated carbocycles. The van der Waals surface area contributed by atoms with Crippen molar-refractivity contribution in [3.63, 3.8) is 0 Å². The second kappa shape index (κ2) is 34.4. The van der Waals surface area contributed by atoms with Gasteiger partial charge < -0.3 is 29.3 Å². The van der Waals surface area contributed by atoms with Gasteiger partial charge in [0.25, 0.3) is 0 Å². The molecule has 314 valence electrons. The van der Waals surface area contributed by atoms with Crippen LogP contribution in [0.15, 0.2) is 36.5 Å². The number of hydrogen-bond acceptors (Lipinski definition) is 10. The zero-order chi connectivity index (χ0) is 39.5. The molecule has 5 atom stereocenters. The van der Waals surface area contributed by atoms with Crippen LogP contribution in [0.4, 0.5) is 0 Å². The van der Waals surface area contributed by atoms with Gasteiger partial charge in [0.2, 0.25) is 0 Å². The van der Waals surface area contributed by atoms with Crippen LogP contribution in [0.2, 0.25) is 0 Å². The van der Waals surface area contributed by atoms with Gasteiger partial charge >= 0.3 is 19.8 Å². The third-order valence-corrected chi connectivity index (χ3v) is 10.2. The molecule has 0 amide bonds. The molecule has 0 aromatic rings. The molecule has 0 aromatic carbocycles. The lowest BCUT2D eigenvalue weighted by Crippen LogP contribution is -2.30. The van der Waals surface area contributed by atoms with Crippen molar-refractivity contribution in [2.24, 2.45) is 0 Å². The Morgan fingerprint density at radius 3 is 1.83 bits per heavy atom. The number of aliphatic hydroxyl groups is 2. The summed E-state index contributed by atoms with van der Waals surface area (Å²) in [6.45, 7) is 2.26. The van der Waals surface area contributed by atoms with Gasteiger partial charge in [-0.25, -0.2) is 4.57 Å². The van der Waals surface area contributed by atoms with Crippen molar-refractivity contribution in [2.75, 3.05) is 26.4 Å². The van der Waals surface area contributed by atoms with Crippen molar-refractivity contribution in [3.8, 4) is 0 Å². The van der Waals surface area contributed by atoms with Crippen molar-refractivity contribution in [3.05, 3.63) is 36.5 Å². The minimum absolute atomic E-state index is 0.0905. The highest BCUT2D eigenvalue weighted by atomic mass is 31.2. The number of carbonyl (C=O) groups is 2. The molecule has 3 N–H and O–H groups in total. The van der Waals surface area contributed by atoms with E-state index < -0.39 is 51.8 Å². The standard InChI is InChI=1S/C42H75O11P/c1-3-5-7-9-11-13-15-17-19-21-23-25-27-31-41(45)49-35-38(36-51-54(47,48)50-34-37(44)33-43)52-42(46)32-28-30-40-39(53-40)29-26-24-22-20-18-16-14-12-10-8-6-4-2/h12,14,18,20,24,26,37-40,43-44H,3-11,13,15-17,19,21-23,25,27-36H2,1-2H3,(H,47,48)/b14-12-,20-18-,26-24-/t37-,38+,39?,40?/m0/s1. The summed E-state index contributed by atoms with van der Waals surface area (Å²) in [6.07, 6.45) is 35.6. The number of carbonyl (C=O) groups excluding carboxylic acids is 2. The van der Waals surface area contributed by atoms with Crippen LogP contribution in [0, 0.1) is 0 Å². The first-order valence-corrected chi connectivity index (χ1v) is 22.6. The van der Waals surface area contributed by atoms with Gasteiger partial charge in [0.05, 0.1) is 32.0 Å². The Labute approximate surface area is 326 Å². The molecule has 0 aromatic heterocycles. The van der Waals surface area contributed by atoms with Gasteiger partial charge in [0.15, 0.2) is 6.10 Å². The molecule has 12 heteroatoms. The summed E-state index contributed by atoms with van der Waals surface area (Å²) in [5.41, 5.74) is 0. The highest BCUT2D eigenvalue weighted by molar-refractivity contribution is 7.47. The van der Waals surface area contributed by atoms with E-state index in [9.17, 15) is 24.2 Å². The van der Waals surface area contributed by atoms with Crippen LogP contribution in [-0.4, -0.2) is 77.9 Å². The molecule has 1 aliphatic rings. The molecule has 11 nitrogen and oxygen atoms in total. The van der Waals surface area contributed by atoms with Crippen molar-refractivity contribution in [1.82, 2.24) is 0 Å². The van der Waals surface area contributed by atoms with Crippen molar-refractivity contribution < 1.29 is 52.5 Å². The predicted octanol–water partition coefficient (Wildman–Crippen LogP) is 9.77. The summed E-state index contributed by atoms with van der Waals surface area (Å²) in [5.74, 6) is -0.999. The zero-order valence-corrected chi connectivity index (χ0v) is 34.5. The van der Waals surface area contributed by atoms with Crippen LogP contribution in [-0.2, 0) is 37.4 Å². The lowest BCUT2D eigenvalue weighted by molar-refractivity contribution is -0.161. The Bertz CT molecular complexity index is 1060. The third kappa shape index (κ3) is 31.4. The van der Waals surface area contributed by atoms with Crippen LogP contribution in [0.5, 0.6) is 0 Å². The van der Waals surface area contributed by atoms with Gasteiger partial charge in [-0.05, 0) is 51.4 Å². The molecule has 0 aliphatic carbocycles. The number of epoxide rings is 1. The molecule has 1 heterocycles. The Hall–Kier alpha value is -1.85. The molecule has 1 rings (SSSR count). The van der Waals surface area contributed by atoms with E-state index in [-0.39, 0.29) is 31.7 Å². The van der Waals surface area contributed by atoms with Gasteiger partial charge in [-0.3, -0.25) is 18.6 Å². The van der Waals surface area contributed by atoms with Gasteiger partial charge in [0.1, 0.15) is 12.7 Å². The number of aliphatic hydroxyl groups excluding tert-OH is 2. The van der Waals surface area contributed by atoms with Crippen LogP contribution in [0.3, 0.4) is 0 Å². The molecular weight excluding hydrogens is 711 g/mol. The minimum Gasteiger partial charge on any atom is -0.462 e. The first-order valence-electron chi connectivity index (χ1n) is 21.1. The highest BCUT2D eigenvalue weighted by Crippen LogP contribution is 2.43. The van der Waals surface area contributed by atoms with Crippen LogP contribution in [0.1, 0.15) is 168 Å². The summed E-state index contributed by atoms with van der Waals surface area (Å²) >= 11 is 0. The molecule has 0 spiro atoms. The first kappa shape index (κ1) is 50.2. The van der Waals surface area contributed by atoms with Crippen molar-refractivity contribution in [2.45, 2.75) is 192 Å². The van der Waals surface area contributed by atoms with E-state index in [1.54, 1.807) is 0 Å². The van der Waals surface area contributed by atoms with E-state index in [2.05, 4.69) is 54.8 Å². The smallest absolute Gasteiger partial charge is 0.462 e. The summed E-state index contributed by atoms with van der Waals surface area (Å²) in [7, 11) is -4.64. The van der Waals surface area contributed by atoms with Gasteiger partial charge in [-0.15, -0.1) is 0 Å². The monoisotopic (exact) mass is 787 g/mol. The summed E-state index contributed by atoms with van der Waals surface area (Å²) < 4.78 is 38.4. The minimum atomic E-state index is -4.64. The number of phosphoric ester groups is 1. The highest BCUT2D eigenvalue weighted by Gasteiger charge is 2.37. The van der Waals surface area contributed by atoms with Gasteiger partial charge in [-0.1, -0.05) is 140 Å². The predicted molar refractivity (Wildman–Crippen MR) is 214 cm³/mol. The second-order valence-corrected chi connectivity index (χ2v) is 15.9. The maximum atomic E-state index is 12.7. The molecule has 1 fully saturated rings. The fourth-order valence-corrected chi connectivity index (χ4v) is 6.63. The van der Waals surface area contributed by atoms with E-state index in [1.807, 2.05) is 0 Å². The van der Waals surface area contributed by atoms with E-state index >= 15 is 0 Å². The third-order valence-electron chi connectivity index (χ3n) is 9.22. The van der Waals surface area contributed by atoms with E-state index in [4.69, 9.17) is 23.8 Å². The summed E-state index contributed by atoms with van der Waals surface area (Å²) in [6, 6.07) is 0. The van der Waals surface area contributed by atoms with Crippen LogP contribution < -0.4 is 0 Å². The van der Waals surface area contributed by atoms with Crippen LogP contribution >= 0.6 is 7.82 Å². The maximum absolute atomic E-state index is 12.7. The number of hydrogen-bond donors (Lipinski definition) is 3. The number of unbranched alkanes of at least 4 members (excludes halogenated alkanes) is 15. The fourth-order valence-electron chi connectivity index (χ4n) is 5.84. The largest absolute Gasteiger partial charge is 0.472 e. The summed E-state index contributed by atoms with van der Waals surface area (Å²) in [5, 5.41) is 18.3. The number of rotatable bonds is 38. The fraction of sp³-hybridized carbons (Fsp3) is 0.810. The quantitative estimate of drug-likeness (QED) is 0.0180. The van der Waals surface area contributed by atoms with Crippen molar-refractivity contribution in [1.29, 1.82) is 0 Å². The topological polar surface area (TPSA) is 161 Å². The number of phosphoric acid groups is 1. The van der Waals surface area contributed by atoms with Crippen molar-refractivity contribution >= 4 is 19.8 Å². The first-order chi connectivity index (χ1) is 26.2. The summed E-state index contributed by atoms with van der Waals surface area (Å²) in [4.78, 5) is 35.0. The maximum Gasteiger partial charge on any atom is 0.472 e. The van der Waals surface area contributed by atoms with Gasteiger partial charge in [0, 0.05) is 12.8 Å². The average molecular weight is 787 g/mol. The molecule has 1 aliphatic heterocycles. The lowest BCUT2D eigenvalue weighted by Gasteiger charge is -2.20. The Morgan fingerprint density at radius 1 is 0.667 bits per heavy atom. The Balaban J connectivity index is 2.33. The van der Waals surface area contributed by atoms with E-state index in [0.29, 0.717) is 19.3 Å². The number of ether oxygens (including phenoxy) is 3. The molecular formula is C42H75O11P. The Kier molecular flexibility index (Phi) is 32.0. The molecule has 54 heavy (non-hydrogen) atoms. The van der Waals surface area contributed by atoms with Gasteiger partial charge in [-0.2, -0.15) is 0 Å². The lowest BCUT2D eigenvalue weighted by atomic mass is 10.0. The molecule has 1 saturated heterocycles. The van der Waals surface area contributed by atoms with E-state index in [0.717, 1.165) is 44.9 Å². The van der Waals surface area contributed by atoms with E-state index in [1.165, 1.54) is 77.0 Å². The average Bonchev–Trinajstić information content (AvgIpc) is 3.91. The molecule has 0 bridgehead atoms. The normalized spacial score (nSPS) is 18.0. The molecule has 3 unspecified atom stereocenters. The SMILES string of the molecule is CCCCC/C=C\C/C=C\C/C=C\CC1OC1CCCC(=O)O[C@H](COC(=O)CCCCCCCCCCCCCCC)COP(=O)(O)OC[C@@H](O)CO. The Morgan fingerprint density at radius 2 is 1.20 bits per heavy atom. The van der Waals surface area contributed by atoms with Crippen LogP contribution in [0.25, 0.3) is 0 Å². The number of esters is 2. The second-order valence-electron chi connectivity index (χ2n) is 14.4.